The first-order chi connectivity index (χ1) is 10.7. The van der Waals surface area contributed by atoms with E-state index in [1.165, 1.54) is 6.42 Å². The number of aryl methyl sites for hydroxylation is 2. The molecule has 0 bridgehead atoms. The minimum atomic E-state index is 0.273. The Morgan fingerprint density at radius 1 is 1.32 bits per heavy atom. The van der Waals surface area contributed by atoms with Crippen molar-refractivity contribution in [3.63, 3.8) is 0 Å². The van der Waals surface area contributed by atoms with Gasteiger partial charge in [-0.3, -0.25) is 4.79 Å². The van der Waals surface area contributed by atoms with Crippen LogP contribution in [0.4, 0.5) is 0 Å². The van der Waals surface area contributed by atoms with E-state index in [1.54, 1.807) is 0 Å². The van der Waals surface area contributed by atoms with Crippen LogP contribution in [0.5, 0.6) is 0 Å². The molecule has 1 amide bonds. The molecule has 1 aromatic rings. The normalized spacial score (nSPS) is 22.0. The van der Waals surface area contributed by atoms with Crippen molar-refractivity contribution < 1.29 is 4.79 Å². The molecule has 2 saturated heterocycles. The molecular formula is C17H26N4O. The van der Waals surface area contributed by atoms with Crippen molar-refractivity contribution in [2.24, 2.45) is 0 Å². The second-order valence-electron chi connectivity index (χ2n) is 6.49. The maximum atomic E-state index is 12.2. The number of nitrogens with zero attached hydrogens (tertiary/aromatic N) is 3. The summed E-state index contributed by atoms with van der Waals surface area (Å²) in [6.07, 6.45) is 5.94. The largest absolute Gasteiger partial charge is 0.343 e. The Morgan fingerprint density at radius 3 is 2.86 bits per heavy atom. The van der Waals surface area contributed by atoms with Crippen molar-refractivity contribution in [3.8, 4) is 0 Å². The number of carbonyl (C=O) groups is 1. The van der Waals surface area contributed by atoms with Crippen LogP contribution in [-0.2, 0) is 11.2 Å². The van der Waals surface area contributed by atoms with Crippen LogP contribution in [0.25, 0.3) is 0 Å². The summed E-state index contributed by atoms with van der Waals surface area (Å²) < 4.78 is 0. The Labute approximate surface area is 132 Å². The molecule has 2 fully saturated rings. The Morgan fingerprint density at radius 2 is 2.14 bits per heavy atom. The van der Waals surface area contributed by atoms with E-state index in [1.807, 2.05) is 17.9 Å². The molecule has 5 heteroatoms. The van der Waals surface area contributed by atoms with E-state index in [0.29, 0.717) is 12.3 Å². The lowest BCUT2D eigenvalue weighted by molar-refractivity contribution is -0.130. The molecule has 3 heterocycles. The van der Waals surface area contributed by atoms with Crippen LogP contribution in [0.3, 0.4) is 0 Å². The average Bonchev–Trinajstić information content (AvgIpc) is 3.07. The van der Waals surface area contributed by atoms with Gasteiger partial charge in [-0.1, -0.05) is 0 Å². The molecule has 0 unspecified atom stereocenters. The van der Waals surface area contributed by atoms with Gasteiger partial charge >= 0.3 is 0 Å². The lowest BCUT2D eigenvalue weighted by Gasteiger charge is -2.22. The van der Waals surface area contributed by atoms with Gasteiger partial charge in [0.2, 0.25) is 5.91 Å². The lowest BCUT2D eigenvalue weighted by atomic mass is 9.98. The minimum absolute atomic E-state index is 0.273. The average molecular weight is 302 g/mol. The molecular weight excluding hydrogens is 276 g/mol. The third kappa shape index (κ3) is 3.83. The number of rotatable bonds is 4. The second kappa shape index (κ2) is 7.18. The van der Waals surface area contributed by atoms with Crippen LogP contribution in [0, 0.1) is 6.92 Å². The van der Waals surface area contributed by atoms with E-state index in [2.05, 4.69) is 10.3 Å². The van der Waals surface area contributed by atoms with Crippen LogP contribution in [0.15, 0.2) is 6.07 Å². The maximum absolute atomic E-state index is 12.2. The molecule has 0 aromatic carbocycles. The molecule has 2 aliphatic heterocycles. The summed E-state index contributed by atoms with van der Waals surface area (Å²) in [4.78, 5) is 23.5. The molecule has 1 atom stereocenters. The van der Waals surface area contributed by atoms with E-state index in [0.717, 1.165) is 69.1 Å². The van der Waals surface area contributed by atoms with Gasteiger partial charge in [0, 0.05) is 43.4 Å². The summed E-state index contributed by atoms with van der Waals surface area (Å²) in [6.45, 7) is 5.95. The zero-order chi connectivity index (χ0) is 15.4. The van der Waals surface area contributed by atoms with Gasteiger partial charge in [-0.15, -0.1) is 0 Å². The van der Waals surface area contributed by atoms with Crippen molar-refractivity contribution in [3.05, 3.63) is 23.3 Å². The Hall–Kier alpha value is -1.49. The predicted molar refractivity (Wildman–Crippen MR) is 85.7 cm³/mol. The maximum Gasteiger partial charge on any atom is 0.222 e. The van der Waals surface area contributed by atoms with E-state index in [4.69, 9.17) is 4.98 Å². The third-order valence-corrected chi connectivity index (χ3v) is 4.64. The first-order valence-corrected chi connectivity index (χ1v) is 8.55. The Kier molecular flexibility index (Phi) is 5.03. The molecule has 5 nitrogen and oxygen atoms in total. The predicted octanol–water partition coefficient (Wildman–Crippen LogP) is 1.81. The summed E-state index contributed by atoms with van der Waals surface area (Å²) >= 11 is 0. The molecule has 0 radical (unpaired) electrons. The molecule has 120 valence electrons. The highest BCUT2D eigenvalue weighted by Crippen LogP contribution is 2.21. The minimum Gasteiger partial charge on any atom is -0.343 e. The van der Waals surface area contributed by atoms with Crippen molar-refractivity contribution >= 4 is 5.91 Å². The third-order valence-electron chi connectivity index (χ3n) is 4.64. The topological polar surface area (TPSA) is 58.1 Å². The van der Waals surface area contributed by atoms with Crippen molar-refractivity contribution in [1.29, 1.82) is 0 Å². The monoisotopic (exact) mass is 302 g/mol. The first kappa shape index (κ1) is 15.4. The molecule has 1 N–H and O–H groups in total. The zero-order valence-electron chi connectivity index (χ0n) is 13.5. The van der Waals surface area contributed by atoms with Gasteiger partial charge in [0.05, 0.1) is 0 Å². The van der Waals surface area contributed by atoms with Crippen LogP contribution in [0.2, 0.25) is 0 Å². The molecule has 3 rings (SSSR count). The number of nitrogens with one attached hydrogen (secondary N) is 1. The molecule has 0 saturated carbocycles. The Balaban J connectivity index is 1.62. The summed E-state index contributed by atoms with van der Waals surface area (Å²) in [6, 6.07) is 2.02. The van der Waals surface area contributed by atoms with E-state index in [9.17, 15) is 4.79 Å². The quantitative estimate of drug-likeness (QED) is 0.921. The van der Waals surface area contributed by atoms with Crippen LogP contribution in [0.1, 0.15) is 55.2 Å². The van der Waals surface area contributed by atoms with E-state index < -0.39 is 0 Å². The van der Waals surface area contributed by atoms with Gasteiger partial charge in [0.15, 0.2) is 0 Å². The summed E-state index contributed by atoms with van der Waals surface area (Å²) in [5, 5.41) is 3.42. The van der Waals surface area contributed by atoms with Gasteiger partial charge in [0.25, 0.3) is 0 Å². The van der Waals surface area contributed by atoms with Crippen LogP contribution >= 0.6 is 0 Å². The fourth-order valence-electron chi connectivity index (χ4n) is 3.40. The van der Waals surface area contributed by atoms with Crippen LogP contribution < -0.4 is 5.32 Å². The fraction of sp³-hybridized carbons (Fsp3) is 0.706. The number of aromatic nitrogens is 2. The standard InChI is InChI=1S/C17H26N4O/c1-13-11-15(6-7-16(22)21-9-2-3-10-21)20-17(19-13)14-5-4-8-18-12-14/h11,14,18H,2-10,12H2,1H3/t14-/m0/s1. The lowest BCUT2D eigenvalue weighted by Crippen LogP contribution is -2.30. The number of hydrogen-bond donors (Lipinski definition) is 1. The summed E-state index contributed by atoms with van der Waals surface area (Å²) in [5.74, 6) is 1.65. The van der Waals surface area contributed by atoms with Gasteiger partial charge in [0.1, 0.15) is 5.82 Å². The van der Waals surface area contributed by atoms with Gasteiger partial charge in [-0.2, -0.15) is 0 Å². The van der Waals surface area contributed by atoms with Crippen molar-refractivity contribution in [2.45, 2.75) is 51.4 Å². The number of hydrogen-bond acceptors (Lipinski definition) is 4. The van der Waals surface area contributed by atoms with Crippen molar-refractivity contribution in [2.75, 3.05) is 26.2 Å². The zero-order valence-corrected chi connectivity index (χ0v) is 13.5. The van der Waals surface area contributed by atoms with E-state index >= 15 is 0 Å². The number of carbonyl (C=O) groups excluding carboxylic acids is 1. The van der Waals surface area contributed by atoms with Crippen LogP contribution in [-0.4, -0.2) is 47.0 Å². The molecule has 0 spiro atoms. The van der Waals surface area contributed by atoms with E-state index in [-0.39, 0.29) is 5.91 Å². The van der Waals surface area contributed by atoms with Gasteiger partial charge in [-0.25, -0.2) is 9.97 Å². The smallest absolute Gasteiger partial charge is 0.222 e. The number of amides is 1. The highest BCUT2D eigenvalue weighted by Gasteiger charge is 2.20. The highest BCUT2D eigenvalue weighted by atomic mass is 16.2. The molecule has 2 aliphatic rings. The summed E-state index contributed by atoms with van der Waals surface area (Å²) in [5.41, 5.74) is 2.03. The van der Waals surface area contributed by atoms with Crippen molar-refractivity contribution in [1.82, 2.24) is 20.2 Å². The molecule has 0 aliphatic carbocycles. The first-order valence-electron chi connectivity index (χ1n) is 8.55. The van der Waals surface area contributed by atoms with Gasteiger partial charge in [-0.05, 0) is 51.6 Å². The fourth-order valence-corrected chi connectivity index (χ4v) is 3.40. The van der Waals surface area contributed by atoms with Gasteiger partial charge < -0.3 is 10.2 Å². The highest BCUT2D eigenvalue weighted by molar-refractivity contribution is 5.76. The summed E-state index contributed by atoms with van der Waals surface area (Å²) in [7, 11) is 0. The molecule has 1 aromatic heterocycles. The number of piperidine rings is 1. The second-order valence-corrected chi connectivity index (χ2v) is 6.49. The Bertz CT molecular complexity index is 519. The number of likely N-dealkylation sites (tertiary alicyclic amines) is 1. The molecule has 22 heavy (non-hydrogen) atoms. The SMILES string of the molecule is Cc1cc(CCC(=O)N2CCCC2)nc([C@H]2CCCNC2)n1.